The Hall–Kier alpha value is -0.280. The number of nitrogens with zero attached hydrogens (tertiary/aromatic N) is 1. The van der Waals surface area contributed by atoms with Gasteiger partial charge in [0.1, 0.15) is 0 Å². The molecule has 0 aliphatic heterocycles. The smallest absolute Gasteiger partial charge is 0.0595 e. The van der Waals surface area contributed by atoms with Gasteiger partial charge in [0.25, 0.3) is 0 Å². The molecule has 0 aliphatic carbocycles. The summed E-state index contributed by atoms with van der Waals surface area (Å²) in [5.74, 6) is 0. The summed E-state index contributed by atoms with van der Waals surface area (Å²) in [7, 11) is 4.18. The van der Waals surface area contributed by atoms with E-state index in [9.17, 15) is 0 Å². The zero-order valence-corrected chi connectivity index (χ0v) is 12.1. The molecule has 1 N–H and O–H groups in total. The summed E-state index contributed by atoms with van der Waals surface area (Å²) in [6.45, 7) is 4.11. The minimum absolute atomic E-state index is 0.492. The average molecular weight is 275 g/mol. The summed E-state index contributed by atoms with van der Waals surface area (Å²) < 4.78 is 0. The van der Waals surface area contributed by atoms with E-state index in [1.807, 2.05) is 18.2 Å². The molecule has 0 aliphatic rings. The molecule has 96 valence electrons. The summed E-state index contributed by atoms with van der Waals surface area (Å²) >= 11 is 11.8. The van der Waals surface area contributed by atoms with Crippen LogP contribution >= 0.6 is 23.2 Å². The van der Waals surface area contributed by atoms with Crippen molar-refractivity contribution in [3.05, 3.63) is 33.8 Å². The molecule has 4 heteroatoms. The highest BCUT2D eigenvalue weighted by atomic mass is 35.5. The van der Waals surface area contributed by atoms with E-state index >= 15 is 0 Å². The van der Waals surface area contributed by atoms with Crippen molar-refractivity contribution in [2.75, 3.05) is 20.6 Å². The Kier molecular flexibility index (Phi) is 6.28. The number of rotatable bonds is 6. The topological polar surface area (TPSA) is 15.3 Å². The first-order chi connectivity index (χ1) is 7.99. The van der Waals surface area contributed by atoms with E-state index in [1.54, 1.807) is 0 Å². The van der Waals surface area contributed by atoms with Gasteiger partial charge < -0.3 is 10.2 Å². The minimum atomic E-state index is 0.492. The van der Waals surface area contributed by atoms with Crippen LogP contribution in [-0.2, 0) is 6.54 Å². The highest BCUT2D eigenvalue weighted by molar-refractivity contribution is 6.42. The zero-order valence-electron chi connectivity index (χ0n) is 10.6. The normalized spacial score (nSPS) is 13.1. The van der Waals surface area contributed by atoms with Crippen LogP contribution in [0.2, 0.25) is 10.0 Å². The lowest BCUT2D eigenvalue weighted by atomic mass is 10.2. The summed E-state index contributed by atoms with van der Waals surface area (Å²) in [6, 6.07) is 6.24. The Morgan fingerprint density at radius 1 is 1.24 bits per heavy atom. The van der Waals surface area contributed by atoms with Gasteiger partial charge in [-0.25, -0.2) is 0 Å². The monoisotopic (exact) mass is 274 g/mol. The lowest BCUT2D eigenvalue weighted by molar-refractivity contribution is 0.365. The first kappa shape index (κ1) is 14.8. The molecule has 2 nitrogen and oxygen atoms in total. The van der Waals surface area contributed by atoms with Gasteiger partial charge in [0.15, 0.2) is 0 Å². The van der Waals surface area contributed by atoms with E-state index in [0.717, 1.165) is 25.1 Å². The summed E-state index contributed by atoms with van der Waals surface area (Å²) in [6.07, 6.45) is 1.13. The van der Waals surface area contributed by atoms with E-state index in [2.05, 4.69) is 31.2 Å². The summed E-state index contributed by atoms with van der Waals surface area (Å²) in [4.78, 5) is 2.19. The fraction of sp³-hybridized carbons (Fsp3) is 0.538. The van der Waals surface area contributed by atoms with Crippen molar-refractivity contribution in [3.8, 4) is 0 Å². The molecule has 1 rings (SSSR count). The van der Waals surface area contributed by atoms with Gasteiger partial charge in [0, 0.05) is 12.6 Å². The molecule has 0 amide bonds. The molecule has 1 aromatic rings. The molecule has 0 aromatic heterocycles. The Labute approximate surface area is 114 Å². The van der Waals surface area contributed by atoms with Crippen LogP contribution in [0.3, 0.4) is 0 Å². The first-order valence-corrected chi connectivity index (χ1v) is 6.56. The second-order valence-corrected chi connectivity index (χ2v) is 5.44. The molecule has 1 aromatic carbocycles. The van der Waals surface area contributed by atoms with Gasteiger partial charge in [-0.05, 0) is 51.7 Å². The molecule has 0 fully saturated rings. The Morgan fingerprint density at radius 2 is 1.94 bits per heavy atom. The molecule has 0 heterocycles. The van der Waals surface area contributed by atoms with Crippen LogP contribution in [-0.4, -0.2) is 31.6 Å². The number of benzene rings is 1. The molecule has 0 saturated heterocycles. The molecular weight excluding hydrogens is 255 g/mol. The highest BCUT2D eigenvalue weighted by Crippen LogP contribution is 2.22. The fourth-order valence-electron chi connectivity index (χ4n) is 1.50. The summed E-state index contributed by atoms with van der Waals surface area (Å²) in [5.41, 5.74) is 1.16. The Bertz CT molecular complexity index is 353. The van der Waals surface area contributed by atoms with Crippen LogP contribution in [0.5, 0.6) is 0 Å². The largest absolute Gasteiger partial charge is 0.310 e. The number of hydrogen-bond donors (Lipinski definition) is 1. The predicted molar refractivity (Wildman–Crippen MR) is 75.9 cm³/mol. The molecule has 0 radical (unpaired) electrons. The molecule has 17 heavy (non-hydrogen) atoms. The third-order valence-corrected chi connectivity index (χ3v) is 3.39. The van der Waals surface area contributed by atoms with Gasteiger partial charge in [0.05, 0.1) is 10.0 Å². The maximum atomic E-state index is 5.97. The van der Waals surface area contributed by atoms with Crippen molar-refractivity contribution < 1.29 is 0 Å². The summed E-state index contributed by atoms with van der Waals surface area (Å²) in [5, 5.41) is 4.70. The van der Waals surface area contributed by atoms with Gasteiger partial charge in [-0.2, -0.15) is 0 Å². The zero-order chi connectivity index (χ0) is 12.8. The quantitative estimate of drug-likeness (QED) is 0.855. The molecule has 1 atom stereocenters. The number of nitrogens with one attached hydrogen (secondary N) is 1. The minimum Gasteiger partial charge on any atom is -0.310 e. The van der Waals surface area contributed by atoms with Crippen molar-refractivity contribution in [3.63, 3.8) is 0 Å². The Morgan fingerprint density at radius 3 is 2.53 bits per heavy atom. The van der Waals surface area contributed by atoms with Crippen LogP contribution in [0.15, 0.2) is 18.2 Å². The van der Waals surface area contributed by atoms with Gasteiger partial charge in [-0.1, -0.05) is 29.3 Å². The van der Waals surface area contributed by atoms with Crippen LogP contribution in [0.4, 0.5) is 0 Å². The van der Waals surface area contributed by atoms with Gasteiger partial charge in [-0.15, -0.1) is 0 Å². The fourth-order valence-corrected chi connectivity index (χ4v) is 1.82. The standard InChI is InChI=1S/C13H20Cl2N2/c1-10(6-7-17(2)3)16-9-11-4-5-12(14)13(15)8-11/h4-5,8,10,16H,6-7,9H2,1-3H3. The molecule has 0 spiro atoms. The van der Waals surface area contributed by atoms with Gasteiger partial charge in [-0.3, -0.25) is 0 Å². The maximum Gasteiger partial charge on any atom is 0.0595 e. The van der Waals surface area contributed by atoms with Crippen LogP contribution in [0.1, 0.15) is 18.9 Å². The number of halogens is 2. The van der Waals surface area contributed by atoms with Gasteiger partial charge >= 0.3 is 0 Å². The first-order valence-electron chi connectivity index (χ1n) is 5.81. The van der Waals surface area contributed by atoms with E-state index in [4.69, 9.17) is 23.2 Å². The highest BCUT2D eigenvalue weighted by Gasteiger charge is 2.04. The van der Waals surface area contributed by atoms with E-state index in [0.29, 0.717) is 16.1 Å². The SMILES string of the molecule is CC(CCN(C)C)NCc1ccc(Cl)c(Cl)c1. The van der Waals surface area contributed by atoms with Crippen LogP contribution in [0.25, 0.3) is 0 Å². The van der Waals surface area contributed by atoms with Crippen molar-refractivity contribution in [2.45, 2.75) is 25.9 Å². The predicted octanol–water partition coefficient (Wildman–Crippen LogP) is 3.42. The maximum absolute atomic E-state index is 5.97. The lowest BCUT2D eigenvalue weighted by Gasteiger charge is -2.16. The molecule has 1 unspecified atom stereocenters. The molecule has 0 saturated carbocycles. The number of hydrogen-bond acceptors (Lipinski definition) is 2. The Balaban J connectivity index is 2.36. The van der Waals surface area contributed by atoms with Crippen molar-refractivity contribution >= 4 is 23.2 Å². The molecular formula is C13H20Cl2N2. The van der Waals surface area contributed by atoms with E-state index in [1.165, 1.54) is 0 Å². The van der Waals surface area contributed by atoms with Crippen molar-refractivity contribution in [1.82, 2.24) is 10.2 Å². The molecule has 0 bridgehead atoms. The third-order valence-electron chi connectivity index (χ3n) is 2.65. The second-order valence-electron chi connectivity index (χ2n) is 4.62. The second kappa shape index (κ2) is 7.22. The van der Waals surface area contributed by atoms with E-state index < -0.39 is 0 Å². The van der Waals surface area contributed by atoms with Crippen molar-refractivity contribution in [2.24, 2.45) is 0 Å². The van der Waals surface area contributed by atoms with Crippen LogP contribution in [0, 0.1) is 0 Å². The van der Waals surface area contributed by atoms with E-state index in [-0.39, 0.29) is 0 Å². The third kappa shape index (κ3) is 5.73. The van der Waals surface area contributed by atoms with Crippen molar-refractivity contribution in [1.29, 1.82) is 0 Å². The van der Waals surface area contributed by atoms with Gasteiger partial charge in [0.2, 0.25) is 0 Å². The lowest BCUT2D eigenvalue weighted by Crippen LogP contribution is -2.29. The van der Waals surface area contributed by atoms with Crippen LogP contribution < -0.4 is 5.32 Å². The average Bonchev–Trinajstić information content (AvgIpc) is 2.28.